The Morgan fingerprint density at radius 2 is 1.96 bits per heavy atom. The van der Waals surface area contributed by atoms with Crippen LogP contribution in [0.4, 0.5) is 0 Å². The van der Waals surface area contributed by atoms with E-state index in [1.165, 1.54) is 0 Å². The lowest BCUT2D eigenvalue weighted by Gasteiger charge is -2.14. The first-order valence-electron chi connectivity index (χ1n) is 8.79. The molecule has 0 radical (unpaired) electrons. The van der Waals surface area contributed by atoms with Crippen molar-refractivity contribution >= 4 is 0 Å². The molecule has 0 saturated heterocycles. The number of nitrogens with zero attached hydrogens (tertiary/aromatic N) is 7. The number of rotatable bonds is 4. The second kappa shape index (κ2) is 5.94. The van der Waals surface area contributed by atoms with Crippen LogP contribution in [0.2, 0.25) is 0 Å². The molecule has 1 unspecified atom stereocenters. The van der Waals surface area contributed by atoms with E-state index in [1.807, 2.05) is 54.5 Å². The predicted molar refractivity (Wildman–Crippen MR) is 96.7 cm³/mol. The highest BCUT2D eigenvalue weighted by Gasteiger charge is 2.26. The maximum Gasteiger partial charge on any atom is 0.158 e. The molecule has 7 nitrogen and oxygen atoms in total. The van der Waals surface area contributed by atoms with E-state index in [-0.39, 0.29) is 0 Å². The average Bonchev–Trinajstić information content (AvgIpc) is 3.42. The van der Waals surface area contributed by atoms with Crippen molar-refractivity contribution in [2.75, 3.05) is 0 Å². The molecule has 3 aromatic heterocycles. The van der Waals surface area contributed by atoms with Gasteiger partial charge in [0.05, 0.1) is 11.9 Å². The number of fused-ring (bicyclic) bond motifs is 1. The molecule has 0 aliphatic carbocycles. The molecule has 0 saturated carbocycles. The van der Waals surface area contributed by atoms with Crippen LogP contribution in [0.15, 0.2) is 55.0 Å². The first-order chi connectivity index (χ1) is 12.8. The summed E-state index contributed by atoms with van der Waals surface area (Å²) in [7, 11) is 0. The minimum Gasteiger partial charge on any atom is -0.329 e. The molecular formula is C19H19N7. The van der Waals surface area contributed by atoms with Gasteiger partial charge in [-0.3, -0.25) is 0 Å². The Morgan fingerprint density at radius 3 is 2.81 bits per heavy atom. The standard InChI is InChI=1S/C19H19N7/c1-14-22-23-18-11-15(13-25(14)18)12-24-10-9-20-19(24)17-7-8-21-26(17)16-5-3-2-4-6-16/h2-10,15H,11-13H2,1H3. The molecule has 7 heteroatoms. The number of hydrogen-bond acceptors (Lipinski definition) is 4. The van der Waals surface area contributed by atoms with Gasteiger partial charge in [-0.15, -0.1) is 10.2 Å². The lowest BCUT2D eigenvalue weighted by molar-refractivity contribution is 0.431. The SMILES string of the molecule is Cc1nnc2n1CC(Cn1ccnc1-c1ccnn1-c1ccccc1)C2. The summed E-state index contributed by atoms with van der Waals surface area (Å²) in [6, 6.07) is 12.2. The first kappa shape index (κ1) is 15.1. The summed E-state index contributed by atoms with van der Waals surface area (Å²) in [5.41, 5.74) is 2.03. The van der Waals surface area contributed by atoms with Crippen molar-refractivity contribution in [3.05, 3.63) is 66.6 Å². The summed E-state index contributed by atoms with van der Waals surface area (Å²) in [6.45, 7) is 3.88. The molecule has 0 bridgehead atoms. The van der Waals surface area contributed by atoms with Crippen molar-refractivity contribution in [1.82, 2.24) is 34.1 Å². The molecule has 130 valence electrons. The average molecular weight is 345 g/mol. The minimum absolute atomic E-state index is 0.500. The Morgan fingerprint density at radius 1 is 1.08 bits per heavy atom. The lowest BCUT2D eigenvalue weighted by atomic mass is 10.1. The zero-order valence-corrected chi connectivity index (χ0v) is 14.5. The maximum atomic E-state index is 4.61. The monoisotopic (exact) mass is 345 g/mol. The van der Waals surface area contributed by atoms with Crippen LogP contribution < -0.4 is 0 Å². The van der Waals surface area contributed by atoms with E-state index in [2.05, 4.69) is 41.5 Å². The van der Waals surface area contributed by atoms with E-state index in [4.69, 9.17) is 0 Å². The van der Waals surface area contributed by atoms with Crippen LogP contribution in [-0.2, 0) is 19.5 Å². The van der Waals surface area contributed by atoms with Crippen molar-refractivity contribution in [1.29, 1.82) is 0 Å². The minimum atomic E-state index is 0.500. The molecule has 4 aromatic rings. The fourth-order valence-corrected chi connectivity index (χ4v) is 3.73. The quantitative estimate of drug-likeness (QED) is 0.570. The van der Waals surface area contributed by atoms with Crippen molar-refractivity contribution in [2.24, 2.45) is 5.92 Å². The normalized spacial score (nSPS) is 16.1. The number of aromatic nitrogens is 7. The molecule has 1 aromatic carbocycles. The molecule has 1 atom stereocenters. The highest BCUT2D eigenvalue weighted by Crippen LogP contribution is 2.25. The number of imidazole rings is 1. The molecule has 0 N–H and O–H groups in total. The Balaban J connectivity index is 1.44. The Hall–Kier alpha value is -3.22. The van der Waals surface area contributed by atoms with Crippen molar-refractivity contribution in [3.63, 3.8) is 0 Å². The fourth-order valence-electron chi connectivity index (χ4n) is 3.73. The molecule has 0 spiro atoms. The Bertz CT molecular complexity index is 1040. The van der Waals surface area contributed by atoms with E-state index in [1.54, 1.807) is 0 Å². The van der Waals surface area contributed by atoms with E-state index in [9.17, 15) is 0 Å². The largest absolute Gasteiger partial charge is 0.329 e. The van der Waals surface area contributed by atoms with E-state index in [0.717, 1.165) is 48.4 Å². The fraction of sp³-hybridized carbons (Fsp3) is 0.263. The zero-order chi connectivity index (χ0) is 17.5. The molecule has 0 amide bonds. The highest BCUT2D eigenvalue weighted by molar-refractivity contribution is 5.54. The van der Waals surface area contributed by atoms with Crippen molar-refractivity contribution in [2.45, 2.75) is 26.4 Å². The lowest BCUT2D eigenvalue weighted by Crippen LogP contribution is -2.14. The maximum absolute atomic E-state index is 4.61. The van der Waals surface area contributed by atoms with E-state index in [0.29, 0.717) is 5.92 Å². The summed E-state index contributed by atoms with van der Waals surface area (Å²) >= 11 is 0. The van der Waals surface area contributed by atoms with E-state index >= 15 is 0 Å². The van der Waals surface area contributed by atoms with Gasteiger partial charge in [-0.25, -0.2) is 9.67 Å². The second-order valence-electron chi connectivity index (χ2n) is 6.71. The summed E-state index contributed by atoms with van der Waals surface area (Å²) < 4.78 is 6.37. The van der Waals surface area contributed by atoms with E-state index < -0.39 is 0 Å². The predicted octanol–water partition coefficient (Wildman–Crippen LogP) is 2.51. The number of hydrogen-bond donors (Lipinski definition) is 0. The highest BCUT2D eigenvalue weighted by atomic mass is 15.3. The van der Waals surface area contributed by atoms with Gasteiger partial charge in [0.25, 0.3) is 0 Å². The van der Waals surface area contributed by atoms with Crippen LogP contribution in [0.3, 0.4) is 0 Å². The molecule has 1 aliphatic heterocycles. The van der Waals surface area contributed by atoms with Crippen LogP contribution in [0.5, 0.6) is 0 Å². The van der Waals surface area contributed by atoms with Gasteiger partial charge in [-0.05, 0) is 25.1 Å². The Kier molecular flexibility index (Phi) is 3.44. The van der Waals surface area contributed by atoms with Crippen LogP contribution >= 0.6 is 0 Å². The van der Waals surface area contributed by atoms with Gasteiger partial charge in [0.1, 0.15) is 17.3 Å². The second-order valence-corrected chi connectivity index (χ2v) is 6.71. The number of para-hydroxylation sites is 1. The number of aryl methyl sites for hydroxylation is 1. The summed E-state index contributed by atoms with van der Waals surface area (Å²) in [6.07, 6.45) is 6.68. The molecule has 1 aliphatic rings. The molecule has 5 rings (SSSR count). The molecule has 0 fully saturated rings. The molecular weight excluding hydrogens is 326 g/mol. The third kappa shape index (κ3) is 2.44. The molecule has 26 heavy (non-hydrogen) atoms. The third-order valence-corrected chi connectivity index (χ3v) is 4.97. The molecule has 4 heterocycles. The van der Waals surface area contributed by atoms with Crippen LogP contribution in [0.25, 0.3) is 17.2 Å². The van der Waals surface area contributed by atoms with Gasteiger partial charge >= 0.3 is 0 Å². The topological polar surface area (TPSA) is 66.3 Å². The van der Waals surface area contributed by atoms with Crippen LogP contribution in [0.1, 0.15) is 11.6 Å². The summed E-state index contributed by atoms with van der Waals surface area (Å²) in [4.78, 5) is 4.61. The number of benzene rings is 1. The third-order valence-electron chi connectivity index (χ3n) is 4.97. The van der Waals surface area contributed by atoms with Crippen molar-refractivity contribution < 1.29 is 0 Å². The van der Waals surface area contributed by atoms with Crippen molar-refractivity contribution in [3.8, 4) is 17.2 Å². The van der Waals surface area contributed by atoms with Gasteiger partial charge in [-0.2, -0.15) is 5.10 Å². The van der Waals surface area contributed by atoms with Gasteiger partial charge in [0, 0.05) is 37.8 Å². The smallest absolute Gasteiger partial charge is 0.158 e. The van der Waals surface area contributed by atoms with Crippen LogP contribution in [0, 0.1) is 12.8 Å². The van der Waals surface area contributed by atoms with Gasteiger partial charge in [-0.1, -0.05) is 18.2 Å². The van der Waals surface area contributed by atoms with Crippen LogP contribution in [-0.4, -0.2) is 34.1 Å². The van der Waals surface area contributed by atoms with Gasteiger partial charge < -0.3 is 9.13 Å². The summed E-state index contributed by atoms with van der Waals surface area (Å²) in [5.74, 6) is 3.52. The summed E-state index contributed by atoms with van der Waals surface area (Å²) in [5, 5.41) is 12.9. The van der Waals surface area contributed by atoms with Gasteiger partial charge in [0.2, 0.25) is 0 Å². The Labute approximate surface area is 150 Å². The van der Waals surface area contributed by atoms with Gasteiger partial charge in [0.15, 0.2) is 5.82 Å². The zero-order valence-electron chi connectivity index (χ0n) is 14.5. The first-order valence-corrected chi connectivity index (χ1v) is 8.79.